The van der Waals surface area contributed by atoms with Gasteiger partial charge in [0.1, 0.15) is 11.5 Å². The second kappa shape index (κ2) is 8.76. The lowest BCUT2D eigenvalue weighted by Gasteiger charge is -2.28. The van der Waals surface area contributed by atoms with Gasteiger partial charge in [0.15, 0.2) is 0 Å². The van der Waals surface area contributed by atoms with Crippen LogP contribution in [0.5, 0.6) is 0 Å². The first kappa shape index (κ1) is 20.6. The molecule has 1 fully saturated rings. The number of nitrogens with zero attached hydrogens (tertiary/aromatic N) is 3. The lowest BCUT2D eigenvalue weighted by atomic mass is 9.99. The van der Waals surface area contributed by atoms with Gasteiger partial charge in [0.25, 0.3) is 0 Å². The van der Waals surface area contributed by atoms with Crippen molar-refractivity contribution < 1.29 is 9.13 Å². The molecule has 5 heteroatoms. The topological polar surface area (TPSA) is 29.8 Å². The predicted molar refractivity (Wildman–Crippen MR) is 134 cm³/mol. The Morgan fingerprint density at radius 3 is 2.24 bits per heavy atom. The SMILES string of the molecule is Fc1ccc(-c2nc3ccc(N4CCOCC4)cn3c2-c2cccc(-c3ccccc3)c2)cc1. The number of imidazole rings is 1. The van der Waals surface area contributed by atoms with Crippen molar-refractivity contribution in [2.24, 2.45) is 0 Å². The van der Waals surface area contributed by atoms with E-state index in [4.69, 9.17) is 9.72 Å². The molecule has 0 bridgehead atoms. The summed E-state index contributed by atoms with van der Waals surface area (Å²) < 4.78 is 21.4. The Hall–Kier alpha value is -3.96. The van der Waals surface area contributed by atoms with Crippen LogP contribution in [0.3, 0.4) is 0 Å². The predicted octanol–water partition coefficient (Wildman–Crippen LogP) is 6.31. The van der Waals surface area contributed by atoms with Gasteiger partial charge >= 0.3 is 0 Å². The highest BCUT2D eigenvalue weighted by molar-refractivity contribution is 5.84. The van der Waals surface area contributed by atoms with Gasteiger partial charge < -0.3 is 9.64 Å². The van der Waals surface area contributed by atoms with Crippen molar-refractivity contribution in [3.63, 3.8) is 0 Å². The van der Waals surface area contributed by atoms with Crippen LogP contribution in [0.2, 0.25) is 0 Å². The molecule has 0 spiro atoms. The molecule has 0 saturated carbocycles. The summed E-state index contributed by atoms with van der Waals surface area (Å²) in [5.74, 6) is -0.255. The summed E-state index contributed by atoms with van der Waals surface area (Å²) in [7, 11) is 0. The molecule has 1 aliphatic rings. The quantitative estimate of drug-likeness (QED) is 0.322. The maximum Gasteiger partial charge on any atom is 0.138 e. The fourth-order valence-corrected chi connectivity index (χ4v) is 4.60. The van der Waals surface area contributed by atoms with Crippen LogP contribution in [0.1, 0.15) is 0 Å². The fourth-order valence-electron chi connectivity index (χ4n) is 4.60. The molecule has 4 nitrogen and oxygen atoms in total. The Labute approximate surface area is 197 Å². The van der Waals surface area contributed by atoms with Gasteiger partial charge in [-0.3, -0.25) is 4.40 Å². The molecule has 1 aliphatic heterocycles. The van der Waals surface area contributed by atoms with Gasteiger partial charge in [-0.15, -0.1) is 0 Å². The van der Waals surface area contributed by atoms with Crippen LogP contribution in [-0.4, -0.2) is 35.7 Å². The van der Waals surface area contributed by atoms with E-state index in [1.54, 1.807) is 12.1 Å². The van der Waals surface area contributed by atoms with Crippen molar-refractivity contribution in [2.45, 2.75) is 0 Å². The van der Waals surface area contributed by atoms with Crippen molar-refractivity contribution in [2.75, 3.05) is 31.2 Å². The zero-order valence-corrected chi connectivity index (χ0v) is 18.7. The monoisotopic (exact) mass is 449 g/mol. The molecule has 1 saturated heterocycles. The van der Waals surface area contributed by atoms with Crippen molar-refractivity contribution in [1.82, 2.24) is 9.38 Å². The summed E-state index contributed by atoms with van der Waals surface area (Å²) in [4.78, 5) is 7.31. The van der Waals surface area contributed by atoms with Gasteiger partial charge in [-0.2, -0.15) is 0 Å². The molecule has 3 heterocycles. The molecule has 0 N–H and O–H groups in total. The maximum atomic E-state index is 13.7. The number of pyridine rings is 1. The number of anilines is 1. The van der Waals surface area contributed by atoms with E-state index in [9.17, 15) is 4.39 Å². The summed E-state index contributed by atoms with van der Waals surface area (Å²) >= 11 is 0. The lowest BCUT2D eigenvalue weighted by Crippen LogP contribution is -2.36. The zero-order valence-electron chi connectivity index (χ0n) is 18.7. The standard InChI is InChI=1S/C29H24FN3O/c30-25-11-9-22(10-12-25)28-29(24-8-4-7-23(19-24)21-5-2-1-3-6-21)33-20-26(13-14-27(33)31-28)32-15-17-34-18-16-32/h1-14,19-20H,15-18H2. The molecule has 3 aromatic carbocycles. The molecular formula is C29H24FN3O. The number of hydrogen-bond acceptors (Lipinski definition) is 3. The highest BCUT2D eigenvalue weighted by Crippen LogP contribution is 2.36. The maximum absolute atomic E-state index is 13.7. The summed E-state index contributed by atoms with van der Waals surface area (Å²) in [6.45, 7) is 3.19. The van der Waals surface area contributed by atoms with Gasteiger partial charge in [-0.1, -0.05) is 48.5 Å². The molecule has 34 heavy (non-hydrogen) atoms. The van der Waals surface area contributed by atoms with E-state index in [1.807, 2.05) is 6.07 Å². The molecule has 6 rings (SSSR count). The minimum Gasteiger partial charge on any atom is -0.378 e. The van der Waals surface area contributed by atoms with Gasteiger partial charge in [0, 0.05) is 30.4 Å². The highest BCUT2D eigenvalue weighted by atomic mass is 19.1. The smallest absolute Gasteiger partial charge is 0.138 e. The van der Waals surface area contributed by atoms with Gasteiger partial charge in [0.05, 0.1) is 30.3 Å². The minimum atomic E-state index is -0.255. The van der Waals surface area contributed by atoms with Gasteiger partial charge in [-0.05, 0) is 53.6 Å². The van der Waals surface area contributed by atoms with Crippen LogP contribution in [0.4, 0.5) is 10.1 Å². The molecule has 168 valence electrons. The number of fused-ring (bicyclic) bond motifs is 1. The van der Waals surface area contributed by atoms with Crippen LogP contribution in [0.15, 0.2) is 97.2 Å². The average molecular weight is 450 g/mol. The number of morpholine rings is 1. The van der Waals surface area contributed by atoms with Crippen molar-refractivity contribution in [3.05, 3.63) is 103 Å². The van der Waals surface area contributed by atoms with Crippen LogP contribution < -0.4 is 4.90 Å². The van der Waals surface area contributed by atoms with E-state index < -0.39 is 0 Å². The first-order valence-electron chi connectivity index (χ1n) is 11.5. The lowest BCUT2D eigenvalue weighted by molar-refractivity contribution is 0.122. The van der Waals surface area contributed by atoms with Crippen LogP contribution in [0, 0.1) is 5.82 Å². The van der Waals surface area contributed by atoms with Crippen LogP contribution in [-0.2, 0) is 4.74 Å². The molecule has 0 amide bonds. The Balaban J connectivity index is 1.55. The Morgan fingerprint density at radius 2 is 1.44 bits per heavy atom. The number of ether oxygens (including phenoxy) is 1. The highest BCUT2D eigenvalue weighted by Gasteiger charge is 2.19. The number of halogens is 1. The molecule has 5 aromatic rings. The molecule has 0 unspecified atom stereocenters. The third-order valence-corrected chi connectivity index (χ3v) is 6.34. The Bertz CT molecular complexity index is 1440. The van der Waals surface area contributed by atoms with Crippen molar-refractivity contribution >= 4 is 11.3 Å². The van der Waals surface area contributed by atoms with Gasteiger partial charge in [-0.25, -0.2) is 9.37 Å². The second-order valence-electron chi connectivity index (χ2n) is 8.48. The summed E-state index contributed by atoms with van der Waals surface area (Å²) in [6, 6.07) is 29.6. The summed E-state index contributed by atoms with van der Waals surface area (Å²) in [5.41, 5.74) is 8.08. The van der Waals surface area contributed by atoms with Crippen LogP contribution in [0.25, 0.3) is 39.3 Å². The first-order chi connectivity index (χ1) is 16.8. The Morgan fingerprint density at radius 1 is 0.706 bits per heavy atom. The number of hydrogen-bond donors (Lipinski definition) is 0. The van der Waals surface area contributed by atoms with E-state index in [2.05, 4.69) is 76.2 Å². The zero-order chi connectivity index (χ0) is 22.9. The fraction of sp³-hybridized carbons (Fsp3) is 0.138. The first-order valence-corrected chi connectivity index (χ1v) is 11.5. The van der Waals surface area contributed by atoms with Crippen molar-refractivity contribution in [1.29, 1.82) is 0 Å². The molecule has 2 aromatic heterocycles. The largest absolute Gasteiger partial charge is 0.378 e. The van der Waals surface area contributed by atoms with E-state index >= 15 is 0 Å². The molecule has 0 atom stereocenters. The van der Waals surface area contributed by atoms with E-state index in [1.165, 1.54) is 12.1 Å². The van der Waals surface area contributed by atoms with E-state index in [0.717, 1.165) is 71.3 Å². The third kappa shape index (κ3) is 3.84. The normalized spacial score (nSPS) is 14.0. The molecule has 0 radical (unpaired) electrons. The number of aromatic nitrogens is 2. The molecule has 0 aliphatic carbocycles. The summed E-state index contributed by atoms with van der Waals surface area (Å²) in [6.07, 6.45) is 2.16. The Kier molecular flexibility index (Phi) is 5.32. The average Bonchev–Trinajstić information content (AvgIpc) is 3.29. The number of rotatable bonds is 4. The van der Waals surface area contributed by atoms with E-state index in [-0.39, 0.29) is 5.82 Å². The minimum absolute atomic E-state index is 0.255. The van der Waals surface area contributed by atoms with E-state index in [0.29, 0.717) is 0 Å². The van der Waals surface area contributed by atoms with Crippen LogP contribution >= 0.6 is 0 Å². The van der Waals surface area contributed by atoms with Crippen molar-refractivity contribution in [3.8, 4) is 33.6 Å². The summed E-state index contributed by atoms with van der Waals surface area (Å²) in [5, 5.41) is 0. The number of benzene rings is 3. The van der Waals surface area contributed by atoms with Gasteiger partial charge in [0.2, 0.25) is 0 Å². The molecular weight excluding hydrogens is 425 g/mol. The third-order valence-electron chi connectivity index (χ3n) is 6.34. The second-order valence-corrected chi connectivity index (χ2v) is 8.48.